The van der Waals surface area contributed by atoms with Gasteiger partial charge in [-0.3, -0.25) is 9.78 Å². The number of carbonyl (C=O) groups is 1. The highest BCUT2D eigenvalue weighted by atomic mass is 16.5. The summed E-state index contributed by atoms with van der Waals surface area (Å²) in [5, 5.41) is 24.0. The highest BCUT2D eigenvalue weighted by Crippen LogP contribution is 2.33. The number of ether oxygens (including phenoxy) is 1. The number of hydrogen-bond donors (Lipinski definition) is 2. The van der Waals surface area contributed by atoms with Crippen molar-refractivity contribution < 1.29 is 14.6 Å². The number of hydrogen-bond acceptors (Lipinski definition) is 9. The maximum atomic E-state index is 10.8. The van der Waals surface area contributed by atoms with Crippen molar-refractivity contribution in [1.29, 1.82) is 0 Å². The van der Waals surface area contributed by atoms with E-state index >= 15 is 0 Å². The summed E-state index contributed by atoms with van der Waals surface area (Å²) >= 11 is 0. The van der Waals surface area contributed by atoms with Crippen LogP contribution in [0.5, 0.6) is 11.5 Å². The first-order valence-electron chi connectivity index (χ1n) is 11.8. The van der Waals surface area contributed by atoms with E-state index in [1.807, 2.05) is 68.4 Å². The smallest absolute Gasteiger partial charge is 0.327 e. The number of aryl methyl sites for hydroxylation is 2. The maximum absolute atomic E-state index is 10.8. The zero-order chi connectivity index (χ0) is 26.5. The van der Waals surface area contributed by atoms with E-state index < -0.39 is 5.97 Å². The number of aromatic nitrogens is 7. The third kappa shape index (κ3) is 5.95. The molecule has 2 N–H and O–H groups in total. The lowest BCUT2D eigenvalue weighted by molar-refractivity contribution is -0.138. The molecule has 0 saturated heterocycles. The van der Waals surface area contributed by atoms with E-state index in [4.69, 9.17) is 14.8 Å². The highest BCUT2D eigenvalue weighted by molar-refractivity contribution is 5.66. The molecule has 0 saturated carbocycles. The van der Waals surface area contributed by atoms with Gasteiger partial charge in [-0.25, -0.2) is 9.97 Å². The fourth-order valence-corrected chi connectivity index (χ4v) is 3.74. The molecule has 190 valence electrons. The molecular weight excluding hydrogens is 484 g/mol. The van der Waals surface area contributed by atoms with Crippen molar-refractivity contribution in [3.05, 3.63) is 95.7 Å². The lowest BCUT2D eigenvalue weighted by Gasteiger charge is -2.14. The maximum Gasteiger partial charge on any atom is 0.327 e. The summed E-state index contributed by atoms with van der Waals surface area (Å²) in [4.78, 5) is 25.5. The van der Waals surface area contributed by atoms with Crippen LogP contribution in [0.1, 0.15) is 22.6 Å². The van der Waals surface area contributed by atoms with Crippen LogP contribution in [0.3, 0.4) is 0 Å². The Morgan fingerprint density at radius 3 is 2.74 bits per heavy atom. The summed E-state index contributed by atoms with van der Waals surface area (Å²) < 4.78 is 6.26. The van der Waals surface area contributed by atoms with Gasteiger partial charge >= 0.3 is 5.97 Å². The van der Waals surface area contributed by atoms with Gasteiger partial charge in [0.15, 0.2) is 18.1 Å². The molecule has 5 aromatic rings. The second kappa shape index (κ2) is 10.8. The number of pyridine rings is 3. The molecule has 0 aliphatic carbocycles. The number of carboxylic acids is 1. The summed E-state index contributed by atoms with van der Waals surface area (Å²) in [7, 11) is 0. The van der Waals surface area contributed by atoms with E-state index in [1.165, 1.54) is 0 Å². The number of tetrazole rings is 1. The quantitative estimate of drug-likeness (QED) is 0.295. The summed E-state index contributed by atoms with van der Waals surface area (Å²) in [6.07, 6.45) is 3.80. The van der Waals surface area contributed by atoms with Gasteiger partial charge in [-0.2, -0.15) is 4.80 Å². The largest absolute Gasteiger partial charge is 0.480 e. The fraction of sp³-hybridized carbons (Fsp3) is 0.148. The Bertz CT molecular complexity index is 1590. The third-order valence-electron chi connectivity index (χ3n) is 5.63. The first-order valence-corrected chi connectivity index (χ1v) is 11.8. The van der Waals surface area contributed by atoms with Gasteiger partial charge in [-0.1, -0.05) is 18.2 Å². The van der Waals surface area contributed by atoms with Crippen molar-refractivity contribution in [2.75, 3.05) is 5.32 Å². The third-order valence-corrected chi connectivity index (χ3v) is 5.63. The van der Waals surface area contributed by atoms with Crippen LogP contribution in [0, 0.1) is 13.8 Å². The Labute approximate surface area is 218 Å². The lowest BCUT2D eigenvalue weighted by atomic mass is 10.1. The van der Waals surface area contributed by atoms with Gasteiger partial charge in [0.25, 0.3) is 0 Å². The fourth-order valence-electron chi connectivity index (χ4n) is 3.74. The molecule has 11 heteroatoms. The van der Waals surface area contributed by atoms with E-state index in [9.17, 15) is 4.79 Å². The zero-order valence-corrected chi connectivity index (χ0v) is 20.7. The summed E-state index contributed by atoms with van der Waals surface area (Å²) in [6, 6.07) is 18.9. The standard InChI is InChI=1S/C27H24N8O3/c1-17-12-23(27(30-18(17)2)22-8-3-4-10-28-22)38-21-9-11-29-24(15-21)31-20-7-5-6-19(13-20)14-25-32-34-35(33-25)16-26(36)37/h3-13,15H,14,16H2,1-2H3,(H,29,31)(H,36,37). The number of carboxylic acid groups (broad SMARTS) is 1. The predicted molar refractivity (Wildman–Crippen MR) is 139 cm³/mol. The molecule has 4 heterocycles. The number of aliphatic carboxylic acids is 1. The van der Waals surface area contributed by atoms with Crippen LogP contribution in [0.2, 0.25) is 0 Å². The molecule has 0 amide bonds. The second-order valence-electron chi connectivity index (χ2n) is 8.56. The monoisotopic (exact) mass is 508 g/mol. The predicted octanol–water partition coefficient (Wildman–Crippen LogP) is 4.35. The lowest BCUT2D eigenvalue weighted by Crippen LogP contribution is -2.11. The zero-order valence-electron chi connectivity index (χ0n) is 20.7. The average molecular weight is 509 g/mol. The van der Waals surface area contributed by atoms with Gasteiger partial charge in [0.2, 0.25) is 0 Å². The van der Waals surface area contributed by atoms with Gasteiger partial charge in [0.05, 0.1) is 5.69 Å². The molecular formula is C27H24N8O3. The van der Waals surface area contributed by atoms with Crippen LogP contribution >= 0.6 is 0 Å². The molecule has 0 spiro atoms. The molecule has 0 bridgehead atoms. The van der Waals surface area contributed by atoms with Crippen LogP contribution in [-0.2, 0) is 17.8 Å². The molecule has 0 unspecified atom stereocenters. The van der Waals surface area contributed by atoms with Gasteiger partial charge in [-0.15, -0.1) is 10.2 Å². The first-order chi connectivity index (χ1) is 18.4. The Morgan fingerprint density at radius 2 is 1.92 bits per heavy atom. The van der Waals surface area contributed by atoms with Crippen molar-refractivity contribution in [3.8, 4) is 22.9 Å². The van der Waals surface area contributed by atoms with E-state index in [2.05, 4.69) is 30.7 Å². The van der Waals surface area contributed by atoms with E-state index in [0.717, 1.165) is 33.0 Å². The van der Waals surface area contributed by atoms with E-state index in [0.29, 0.717) is 35.3 Å². The van der Waals surface area contributed by atoms with Crippen molar-refractivity contribution >= 4 is 17.5 Å². The Balaban J connectivity index is 1.33. The number of nitrogens with one attached hydrogen (secondary N) is 1. The number of nitrogens with zero attached hydrogens (tertiary/aromatic N) is 7. The molecule has 0 aliphatic heterocycles. The second-order valence-corrected chi connectivity index (χ2v) is 8.56. The average Bonchev–Trinajstić information content (AvgIpc) is 3.33. The molecule has 4 aromatic heterocycles. The topological polar surface area (TPSA) is 141 Å². The molecule has 0 aliphatic rings. The Morgan fingerprint density at radius 1 is 1.03 bits per heavy atom. The van der Waals surface area contributed by atoms with Crippen molar-refractivity contribution in [3.63, 3.8) is 0 Å². The molecule has 0 radical (unpaired) electrons. The molecule has 38 heavy (non-hydrogen) atoms. The van der Waals surface area contributed by atoms with Gasteiger partial charge in [0, 0.05) is 36.3 Å². The van der Waals surface area contributed by atoms with Gasteiger partial charge in [-0.05, 0) is 66.6 Å². The normalized spacial score (nSPS) is 10.8. The van der Waals surface area contributed by atoms with Gasteiger partial charge < -0.3 is 15.2 Å². The minimum atomic E-state index is -1.03. The molecule has 5 rings (SSSR count). The van der Waals surface area contributed by atoms with Crippen molar-refractivity contribution in [2.45, 2.75) is 26.8 Å². The SMILES string of the molecule is Cc1cc(Oc2ccnc(Nc3cccc(Cc4nnn(CC(=O)O)n4)c3)c2)c(-c2ccccn2)nc1C. The summed E-state index contributed by atoms with van der Waals surface area (Å²) in [5.41, 5.74) is 5.07. The van der Waals surface area contributed by atoms with Crippen molar-refractivity contribution in [1.82, 2.24) is 35.2 Å². The van der Waals surface area contributed by atoms with Crippen LogP contribution in [-0.4, -0.2) is 46.2 Å². The van der Waals surface area contributed by atoms with E-state index in [-0.39, 0.29) is 6.54 Å². The van der Waals surface area contributed by atoms with Crippen LogP contribution in [0.4, 0.5) is 11.5 Å². The summed E-state index contributed by atoms with van der Waals surface area (Å²) in [5.74, 6) is 1.21. The number of rotatable bonds is 9. The van der Waals surface area contributed by atoms with Gasteiger partial charge in [0.1, 0.15) is 17.3 Å². The molecule has 0 atom stereocenters. The molecule has 11 nitrogen and oxygen atoms in total. The Kier molecular flexibility index (Phi) is 6.98. The van der Waals surface area contributed by atoms with Crippen LogP contribution in [0.15, 0.2) is 73.1 Å². The minimum Gasteiger partial charge on any atom is -0.480 e. The summed E-state index contributed by atoms with van der Waals surface area (Å²) in [6.45, 7) is 3.62. The molecule has 1 aromatic carbocycles. The van der Waals surface area contributed by atoms with E-state index in [1.54, 1.807) is 18.5 Å². The van der Waals surface area contributed by atoms with Crippen LogP contribution < -0.4 is 10.1 Å². The molecule has 0 fully saturated rings. The highest BCUT2D eigenvalue weighted by Gasteiger charge is 2.14. The minimum absolute atomic E-state index is 0.333. The van der Waals surface area contributed by atoms with Crippen molar-refractivity contribution in [2.24, 2.45) is 0 Å². The first kappa shape index (κ1) is 24.5. The van der Waals surface area contributed by atoms with Crippen LogP contribution in [0.25, 0.3) is 11.4 Å². The Hall–Kier alpha value is -5.19. The number of benzene rings is 1. The number of anilines is 2.